The molecule has 0 bridgehead atoms. The maximum Gasteiger partial charge on any atom is 0.231 e. The number of hydrogen-bond donors (Lipinski definition) is 1. The Hall–Kier alpha value is -1.90. The number of benzene rings is 1. The predicted molar refractivity (Wildman–Crippen MR) is 96.0 cm³/mol. The van der Waals surface area contributed by atoms with E-state index in [9.17, 15) is 5.11 Å². The summed E-state index contributed by atoms with van der Waals surface area (Å²) in [5.74, 6) is 8.83. The van der Waals surface area contributed by atoms with Gasteiger partial charge in [-0.3, -0.25) is 4.90 Å². The monoisotopic (exact) mass is 345 g/mol. The Kier molecular flexibility index (Phi) is 4.86. The van der Waals surface area contributed by atoms with E-state index in [0.717, 1.165) is 24.3 Å². The Balaban J connectivity index is 2.03. The molecule has 5 nitrogen and oxygen atoms in total. The third-order valence-corrected chi connectivity index (χ3v) is 4.68. The highest BCUT2D eigenvalue weighted by molar-refractivity contribution is 5.63. The van der Waals surface area contributed by atoms with Crippen LogP contribution in [0.2, 0.25) is 0 Å². The first-order valence-electron chi connectivity index (χ1n) is 8.77. The predicted octanol–water partition coefficient (Wildman–Crippen LogP) is 2.75. The molecule has 2 aliphatic heterocycles. The Morgan fingerprint density at radius 3 is 2.88 bits per heavy atom. The van der Waals surface area contributed by atoms with Crippen LogP contribution in [0.1, 0.15) is 44.4 Å². The lowest BCUT2D eigenvalue weighted by Crippen LogP contribution is -2.32. The molecule has 3 rings (SSSR count). The quantitative estimate of drug-likeness (QED) is 0.854. The SMILES string of the molecule is COc1c2c(cc3c1[C@H](C#C[C@](C)(O)CC(C)C)N(C)CC3)OCO2. The summed E-state index contributed by atoms with van der Waals surface area (Å²) >= 11 is 0. The summed E-state index contributed by atoms with van der Waals surface area (Å²) in [6.45, 7) is 7.05. The summed E-state index contributed by atoms with van der Waals surface area (Å²) in [6.07, 6.45) is 1.54. The van der Waals surface area contributed by atoms with Gasteiger partial charge in [0.2, 0.25) is 12.5 Å². The van der Waals surface area contributed by atoms with Gasteiger partial charge in [-0.2, -0.15) is 0 Å². The molecule has 1 aromatic carbocycles. The molecule has 0 spiro atoms. The highest BCUT2D eigenvalue weighted by Crippen LogP contribution is 2.49. The second-order valence-electron chi connectivity index (χ2n) is 7.49. The van der Waals surface area contributed by atoms with Crippen LogP contribution in [0.5, 0.6) is 17.2 Å². The molecule has 1 N–H and O–H groups in total. The van der Waals surface area contributed by atoms with Crippen molar-refractivity contribution >= 4 is 0 Å². The molecule has 5 heteroatoms. The van der Waals surface area contributed by atoms with E-state index in [2.05, 4.69) is 30.6 Å². The van der Waals surface area contributed by atoms with E-state index in [1.165, 1.54) is 5.56 Å². The third-order valence-electron chi connectivity index (χ3n) is 4.68. The van der Waals surface area contributed by atoms with E-state index in [4.69, 9.17) is 14.2 Å². The molecule has 0 aliphatic carbocycles. The lowest BCUT2D eigenvalue weighted by Gasteiger charge is -2.33. The number of rotatable bonds is 3. The van der Waals surface area contributed by atoms with Gasteiger partial charge in [-0.25, -0.2) is 0 Å². The molecule has 0 saturated heterocycles. The molecular weight excluding hydrogens is 318 g/mol. The van der Waals surface area contributed by atoms with E-state index < -0.39 is 5.60 Å². The maximum atomic E-state index is 10.6. The van der Waals surface area contributed by atoms with Crippen molar-refractivity contribution in [2.45, 2.75) is 45.3 Å². The molecule has 136 valence electrons. The van der Waals surface area contributed by atoms with Crippen molar-refractivity contribution in [3.05, 3.63) is 17.2 Å². The molecule has 1 aromatic rings. The second-order valence-corrected chi connectivity index (χ2v) is 7.49. The lowest BCUT2D eigenvalue weighted by molar-refractivity contribution is 0.0971. The van der Waals surface area contributed by atoms with Crippen molar-refractivity contribution < 1.29 is 19.3 Å². The first-order valence-corrected chi connectivity index (χ1v) is 8.77. The summed E-state index contributed by atoms with van der Waals surface area (Å²) in [7, 11) is 3.69. The minimum Gasteiger partial charge on any atom is -0.492 e. The first-order chi connectivity index (χ1) is 11.8. The van der Waals surface area contributed by atoms with Crippen LogP contribution in [0.3, 0.4) is 0 Å². The van der Waals surface area contributed by atoms with E-state index in [0.29, 0.717) is 23.8 Å². The molecule has 25 heavy (non-hydrogen) atoms. The number of aliphatic hydroxyl groups is 1. The van der Waals surface area contributed by atoms with Crippen molar-refractivity contribution in [2.24, 2.45) is 5.92 Å². The first kappa shape index (κ1) is 17.9. The normalized spacial score (nSPS) is 21.3. The fraction of sp³-hybridized carbons (Fsp3) is 0.600. The van der Waals surface area contributed by atoms with Gasteiger partial charge in [0.05, 0.1) is 7.11 Å². The number of likely N-dealkylation sites (N-methyl/N-ethyl adjacent to an activating group) is 1. The van der Waals surface area contributed by atoms with Gasteiger partial charge in [0.15, 0.2) is 11.5 Å². The molecule has 0 aromatic heterocycles. The molecule has 0 fully saturated rings. The van der Waals surface area contributed by atoms with Gasteiger partial charge >= 0.3 is 0 Å². The largest absolute Gasteiger partial charge is 0.492 e. The Labute approximate surface area is 149 Å². The van der Waals surface area contributed by atoms with Crippen molar-refractivity contribution in [3.63, 3.8) is 0 Å². The molecule has 2 atom stereocenters. The summed E-state index contributed by atoms with van der Waals surface area (Å²) in [6, 6.07) is 1.89. The van der Waals surface area contributed by atoms with Crippen LogP contribution in [0.25, 0.3) is 0 Å². The van der Waals surface area contributed by atoms with Crippen LogP contribution >= 0.6 is 0 Å². The van der Waals surface area contributed by atoms with E-state index in [1.54, 1.807) is 14.0 Å². The Morgan fingerprint density at radius 2 is 2.20 bits per heavy atom. The molecule has 2 heterocycles. The van der Waals surface area contributed by atoms with Crippen molar-refractivity contribution in [3.8, 4) is 29.1 Å². The zero-order chi connectivity index (χ0) is 18.2. The topological polar surface area (TPSA) is 51.2 Å². The van der Waals surface area contributed by atoms with Crippen LogP contribution < -0.4 is 14.2 Å². The van der Waals surface area contributed by atoms with Gasteiger partial charge in [0.25, 0.3) is 0 Å². The Morgan fingerprint density at radius 1 is 1.44 bits per heavy atom. The van der Waals surface area contributed by atoms with E-state index >= 15 is 0 Å². The highest BCUT2D eigenvalue weighted by atomic mass is 16.7. The average Bonchev–Trinajstić information content (AvgIpc) is 2.98. The van der Waals surface area contributed by atoms with Crippen molar-refractivity contribution in [1.82, 2.24) is 4.90 Å². The summed E-state index contributed by atoms with van der Waals surface area (Å²) < 4.78 is 16.8. The van der Waals surface area contributed by atoms with Gasteiger partial charge in [-0.1, -0.05) is 25.7 Å². The average molecular weight is 345 g/mol. The van der Waals surface area contributed by atoms with E-state index in [1.807, 2.05) is 13.1 Å². The summed E-state index contributed by atoms with van der Waals surface area (Å²) in [5, 5.41) is 10.6. The number of hydrogen-bond acceptors (Lipinski definition) is 5. The number of fused-ring (bicyclic) bond motifs is 2. The van der Waals surface area contributed by atoms with Crippen LogP contribution in [0.4, 0.5) is 0 Å². The maximum absolute atomic E-state index is 10.6. The van der Waals surface area contributed by atoms with E-state index in [-0.39, 0.29) is 12.8 Å². The highest BCUT2D eigenvalue weighted by Gasteiger charge is 2.33. The zero-order valence-corrected chi connectivity index (χ0v) is 15.7. The van der Waals surface area contributed by atoms with Crippen molar-refractivity contribution in [2.75, 3.05) is 27.5 Å². The molecule has 2 aliphatic rings. The number of methoxy groups -OCH3 is 1. The standard InChI is InChI=1S/C20H27NO4/c1-13(2)11-20(3,22)8-6-15-17-14(7-9-21(15)4)10-16-18(19(17)23-5)25-12-24-16/h10,13,15,22H,7,9,11-12H2,1-5H3/t15-,20-/m0/s1. The molecular formula is C20H27NO4. The summed E-state index contributed by atoms with van der Waals surface area (Å²) in [4.78, 5) is 2.19. The summed E-state index contributed by atoms with van der Waals surface area (Å²) in [5.41, 5.74) is 1.19. The van der Waals surface area contributed by atoms with Gasteiger partial charge < -0.3 is 19.3 Å². The minimum atomic E-state index is -1.00. The van der Waals surface area contributed by atoms with Crippen LogP contribution in [-0.4, -0.2) is 43.1 Å². The van der Waals surface area contributed by atoms with Gasteiger partial charge in [0, 0.05) is 12.1 Å². The smallest absolute Gasteiger partial charge is 0.231 e. The van der Waals surface area contributed by atoms with Gasteiger partial charge in [0.1, 0.15) is 11.6 Å². The fourth-order valence-electron chi connectivity index (χ4n) is 3.69. The van der Waals surface area contributed by atoms with Crippen LogP contribution in [0.15, 0.2) is 6.07 Å². The fourth-order valence-corrected chi connectivity index (χ4v) is 3.69. The lowest BCUT2D eigenvalue weighted by atomic mass is 9.89. The third kappa shape index (κ3) is 3.56. The molecule has 0 radical (unpaired) electrons. The Bertz CT molecular complexity index is 715. The van der Waals surface area contributed by atoms with Crippen LogP contribution in [0, 0.1) is 17.8 Å². The second kappa shape index (κ2) is 6.78. The number of ether oxygens (including phenoxy) is 3. The van der Waals surface area contributed by atoms with Crippen molar-refractivity contribution in [1.29, 1.82) is 0 Å². The zero-order valence-electron chi connectivity index (χ0n) is 15.7. The molecule has 0 saturated carbocycles. The van der Waals surface area contributed by atoms with Crippen LogP contribution in [-0.2, 0) is 6.42 Å². The molecule has 0 amide bonds. The number of nitrogens with zero attached hydrogens (tertiary/aromatic N) is 1. The van der Waals surface area contributed by atoms with Gasteiger partial charge in [-0.05, 0) is 44.4 Å². The minimum absolute atomic E-state index is 0.146. The molecule has 0 unspecified atom stereocenters. The van der Waals surface area contributed by atoms with Gasteiger partial charge in [-0.15, -0.1) is 0 Å².